The Kier molecular flexibility index (Phi) is 3.96. The fourth-order valence-corrected chi connectivity index (χ4v) is 1.34. The lowest BCUT2D eigenvalue weighted by atomic mass is 10.3. The number of aryl methyl sites for hydroxylation is 1. The number of Topliss-reactive ketones (excluding diaryl/α,β-unsaturated/α-hetero) is 1. The topological polar surface area (TPSA) is 45.8 Å². The molecule has 0 unspecified atom stereocenters. The number of hydrogen-bond donors (Lipinski definition) is 1. The van der Waals surface area contributed by atoms with Gasteiger partial charge < -0.3 is 4.98 Å². The molecule has 1 aromatic rings. The van der Waals surface area contributed by atoms with Crippen molar-refractivity contribution in [1.29, 1.82) is 0 Å². The number of nitrogens with one attached hydrogen (secondary N) is 1. The zero-order valence-electron chi connectivity index (χ0n) is 6.14. The van der Waals surface area contributed by atoms with E-state index in [9.17, 15) is 4.79 Å². The maximum atomic E-state index is 10.8. The molecule has 0 bridgehead atoms. The van der Waals surface area contributed by atoms with E-state index < -0.39 is 0 Å². The molecule has 0 atom stereocenters. The number of carbonyl (C=O) groups is 1. The number of aromatic nitrogens is 2. The number of rotatable bonds is 1. The van der Waals surface area contributed by atoms with Crippen LogP contribution >= 0.6 is 32.9 Å². The van der Waals surface area contributed by atoms with Crippen molar-refractivity contribution in [2.24, 2.45) is 0 Å². The Labute approximate surface area is 83.5 Å². The molecule has 0 fully saturated rings. The molecule has 5 heteroatoms. The summed E-state index contributed by atoms with van der Waals surface area (Å²) < 4.78 is 0.595. The van der Waals surface area contributed by atoms with Crippen LogP contribution in [0.1, 0.15) is 23.2 Å². The maximum absolute atomic E-state index is 10.8. The van der Waals surface area contributed by atoms with Crippen LogP contribution in [-0.4, -0.2) is 15.8 Å². The fourth-order valence-electron chi connectivity index (χ4n) is 0.697. The number of hydrogen-bond acceptors (Lipinski definition) is 2. The molecule has 1 N–H and O–H groups in total. The Morgan fingerprint density at radius 3 is 2.36 bits per heavy atom. The summed E-state index contributed by atoms with van der Waals surface area (Å²) in [6.07, 6.45) is 0. The van der Waals surface area contributed by atoms with Gasteiger partial charge in [-0.2, -0.15) is 0 Å². The number of imidazole rings is 1. The van der Waals surface area contributed by atoms with Crippen LogP contribution < -0.4 is 0 Å². The number of carbonyl (C=O) groups excluding carboxylic acids is 1. The van der Waals surface area contributed by atoms with Crippen molar-refractivity contribution in [3.8, 4) is 0 Å². The summed E-state index contributed by atoms with van der Waals surface area (Å²) >= 11 is 3.15. The van der Waals surface area contributed by atoms with Gasteiger partial charge in [-0.3, -0.25) is 4.79 Å². The van der Waals surface area contributed by atoms with Crippen LogP contribution in [0, 0.1) is 6.92 Å². The van der Waals surface area contributed by atoms with Crippen LogP contribution in [0.25, 0.3) is 0 Å². The molecule has 3 nitrogen and oxygen atoms in total. The van der Waals surface area contributed by atoms with Gasteiger partial charge in [-0.1, -0.05) is 0 Å². The van der Waals surface area contributed by atoms with E-state index in [4.69, 9.17) is 0 Å². The summed E-state index contributed by atoms with van der Waals surface area (Å²) in [5, 5.41) is 0. The summed E-state index contributed by atoms with van der Waals surface area (Å²) in [5.74, 6) is 0.740. The van der Waals surface area contributed by atoms with Crippen LogP contribution in [0.4, 0.5) is 0 Å². The Hall–Kier alpha value is -0.160. The molecule has 1 rings (SSSR count). The number of H-pyrrole nitrogens is 1. The Bertz CT molecular complexity index is 270. The lowest BCUT2D eigenvalue weighted by Crippen LogP contribution is -1.92. The maximum Gasteiger partial charge on any atom is 0.178 e. The predicted molar refractivity (Wildman–Crippen MR) is 51.4 cm³/mol. The van der Waals surface area contributed by atoms with Crippen LogP contribution in [-0.2, 0) is 0 Å². The number of nitrogens with zero attached hydrogens (tertiary/aromatic N) is 1. The Morgan fingerprint density at radius 1 is 1.64 bits per heavy atom. The van der Waals surface area contributed by atoms with Gasteiger partial charge in [-0.25, -0.2) is 4.98 Å². The van der Waals surface area contributed by atoms with Crippen LogP contribution in [0.5, 0.6) is 0 Å². The summed E-state index contributed by atoms with van der Waals surface area (Å²) in [6.45, 7) is 3.30. The van der Waals surface area contributed by atoms with Gasteiger partial charge in [0.2, 0.25) is 0 Å². The van der Waals surface area contributed by atoms with E-state index in [0.717, 1.165) is 5.82 Å². The minimum Gasteiger partial charge on any atom is -0.339 e. The summed E-state index contributed by atoms with van der Waals surface area (Å²) in [6, 6.07) is 0. The molecule has 0 aromatic carbocycles. The van der Waals surface area contributed by atoms with Crippen LogP contribution in [0.2, 0.25) is 0 Å². The molecule has 0 radical (unpaired) electrons. The average molecular weight is 284 g/mol. The summed E-state index contributed by atoms with van der Waals surface area (Å²) in [4.78, 5) is 17.6. The molecule has 0 spiro atoms. The number of halogens is 2. The van der Waals surface area contributed by atoms with Gasteiger partial charge in [-0.05, 0) is 22.9 Å². The van der Waals surface area contributed by atoms with E-state index in [2.05, 4.69) is 25.9 Å². The van der Waals surface area contributed by atoms with Crippen molar-refractivity contribution in [2.75, 3.05) is 0 Å². The standard InChI is InChI=1S/C6H7BrN2O.BrH/c1-3(10)5-6(7)9-4(2)8-5;/h1-2H3,(H,8,9);1H. The normalized spacial score (nSPS) is 9.00. The molecular weight excluding hydrogens is 276 g/mol. The van der Waals surface area contributed by atoms with Gasteiger partial charge in [0.1, 0.15) is 16.1 Å². The molecule has 0 aliphatic rings. The van der Waals surface area contributed by atoms with E-state index in [1.807, 2.05) is 0 Å². The quantitative estimate of drug-likeness (QED) is 0.804. The molecule has 0 aliphatic carbocycles. The molecule has 1 aromatic heterocycles. The van der Waals surface area contributed by atoms with Gasteiger partial charge in [0.05, 0.1) is 0 Å². The smallest absolute Gasteiger partial charge is 0.178 e. The molecule has 0 amide bonds. The second kappa shape index (κ2) is 4.01. The largest absolute Gasteiger partial charge is 0.339 e. The fraction of sp³-hybridized carbons (Fsp3) is 0.333. The summed E-state index contributed by atoms with van der Waals surface area (Å²) in [7, 11) is 0. The Morgan fingerprint density at radius 2 is 2.18 bits per heavy atom. The molecule has 1 heterocycles. The highest BCUT2D eigenvalue weighted by Gasteiger charge is 2.08. The van der Waals surface area contributed by atoms with Gasteiger partial charge in [-0.15, -0.1) is 17.0 Å². The molecule has 0 saturated carbocycles. The monoisotopic (exact) mass is 282 g/mol. The predicted octanol–water partition coefficient (Wildman–Crippen LogP) is 2.26. The van der Waals surface area contributed by atoms with Crippen molar-refractivity contribution in [1.82, 2.24) is 9.97 Å². The van der Waals surface area contributed by atoms with Gasteiger partial charge >= 0.3 is 0 Å². The highest BCUT2D eigenvalue weighted by molar-refractivity contribution is 9.10. The zero-order valence-corrected chi connectivity index (χ0v) is 9.44. The third kappa shape index (κ3) is 2.41. The Balaban J connectivity index is 0.000001000. The average Bonchev–Trinajstić information content (AvgIpc) is 2.10. The highest BCUT2D eigenvalue weighted by atomic mass is 79.9. The molecule has 0 saturated heterocycles. The second-order valence-corrected chi connectivity index (χ2v) is 2.80. The van der Waals surface area contributed by atoms with E-state index in [0.29, 0.717) is 10.3 Å². The van der Waals surface area contributed by atoms with E-state index in [-0.39, 0.29) is 22.8 Å². The first-order valence-electron chi connectivity index (χ1n) is 2.84. The van der Waals surface area contributed by atoms with Gasteiger partial charge in [0.15, 0.2) is 5.78 Å². The second-order valence-electron chi connectivity index (χ2n) is 2.04. The van der Waals surface area contributed by atoms with E-state index in [1.54, 1.807) is 6.92 Å². The van der Waals surface area contributed by atoms with Gasteiger partial charge in [0.25, 0.3) is 0 Å². The highest BCUT2D eigenvalue weighted by Crippen LogP contribution is 2.12. The number of ketones is 1. The minimum absolute atomic E-state index is 0. The van der Waals surface area contributed by atoms with E-state index in [1.165, 1.54) is 6.92 Å². The molecular formula is C6H8Br2N2O. The summed E-state index contributed by atoms with van der Waals surface area (Å²) in [5.41, 5.74) is 0.539. The van der Waals surface area contributed by atoms with Gasteiger partial charge in [0, 0.05) is 6.92 Å². The first-order valence-corrected chi connectivity index (χ1v) is 3.63. The van der Waals surface area contributed by atoms with Crippen molar-refractivity contribution >= 4 is 38.7 Å². The lowest BCUT2D eigenvalue weighted by molar-refractivity contribution is 0.101. The first kappa shape index (κ1) is 10.8. The van der Waals surface area contributed by atoms with Crippen LogP contribution in [0.15, 0.2) is 4.60 Å². The van der Waals surface area contributed by atoms with Crippen molar-refractivity contribution in [2.45, 2.75) is 13.8 Å². The van der Waals surface area contributed by atoms with Crippen molar-refractivity contribution in [3.63, 3.8) is 0 Å². The molecule has 0 aliphatic heterocycles. The van der Waals surface area contributed by atoms with E-state index >= 15 is 0 Å². The first-order chi connectivity index (χ1) is 4.61. The van der Waals surface area contributed by atoms with Crippen molar-refractivity contribution < 1.29 is 4.79 Å². The minimum atomic E-state index is -0.00697. The molecule has 62 valence electrons. The zero-order chi connectivity index (χ0) is 7.72. The molecule has 11 heavy (non-hydrogen) atoms. The van der Waals surface area contributed by atoms with Crippen molar-refractivity contribution in [3.05, 3.63) is 16.1 Å². The number of aromatic amines is 1. The lowest BCUT2D eigenvalue weighted by Gasteiger charge is -1.85. The van der Waals surface area contributed by atoms with Crippen LogP contribution in [0.3, 0.4) is 0 Å². The SMILES string of the molecule is Br.CC(=O)c1[nH]c(C)nc1Br. The third-order valence-electron chi connectivity index (χ3n) is 1.13. The third-order valence-corrected chi connectivity index (χ3v) is 1.70.